The number of alkyl halides is 2. The highest BCUT2D eigenvalue weighted by Gasteiger charge is 2.19. The van der Waals surface area contributed by atoms with Gasteiger partial charge in [-0.15, -0.1) is 0 Å². The Balaban J connectivity index is 1.45. The molecular formula is C18H21F2N7O. The van der Waals surface area contributed by atoms with Gasteiger partial charge < -0.3 is 9.64 Å². The fraction of sp³-hybridized carbons (Fsp3) is 0.444. The number of hydrogen-bond acceptors (Lipinski definition) is 7. The molecule has 1 aromatic carbocycles. The lowest BCUT2D eigenvalue weighted by molar-refractivity contribution is 0.0804. The molecule has 3 heterocycles. The van der Waals surface area contributed by atoms with Crippen LogP contribution < -0.4 is 9.64 Å². The van der Waals surface area contributed by atoms with Crippen LogP contribution in [0.2, 0.25) is 0 Å². The highest BCUT2D eigenvalue weighted by Crippen LogP contribution is 2.27. The zero-order valence-corrected chi connectivity index (χ0v) is 15.5. The first-order valence-electron chi connectivity index (χ1n) is 9.07. The molecule has 0 saturated carbocycles. The van der Waals surface area contributed by atoms with E-state index >= 15 is 0 Å². The van der Waals surface area contributed by atoms with E-state index in [1.54, 1.807) is 11.0 Å². The van der Waals surface area contributed by atoms with Crippen LogP contribution in [0.1, 0.15) is 5.69 Å². The number of rotatable bonds is 6. The van der Waals surface area contributed by atoms with Gasteiger partial charge in [0.25, 0.3) is 6.43 Å². The lowest BCUT2D eigenvalue weighted by Gasteiger charge is -2.35. The summed E-state index contributed by atoms with van der Waals surface area (Å²) in [5, 5.41) is 9.07. The summed E-state index contributed by atoms with van der Waals surface area (Å²) in [6.45, 7) is 3.60. The van der Waals surface area contributed by atoms with Gasteiger partial charge in [0.1, 0.15) is 6.33 Å². The van der Waals surface area contributed by atoms with Gasteiger partial charge >= 0.3 is 0 Å². The number of nitrogens with zero attached hydrogens (tertiary/aromatic N) is 7. The number of aromatic nitrogens is 5. The molecule has 0 unspecified atom stereocenters. The molecule has 10 heteroatoms. The highest BCUT2D eigenvalue weighted by atomic mass is 19.3. The summed E-state index contributed by atoms with van der Waals surface area (Å²) in [6.07, 6.45) is 0.570. The normalized spacial score (nSPS) is 15.5. The highest BCUT2D eigenvalue weighted by molar-refractivity contribution is 5.86. The van der Waals surface area contributed by atoms with E-state index in [9.17, 15) is 8.78 Å². The molecular weight excluding hydrogens is 368 g/mol. The quantitative estimate of drug-likeness (QED) is 0.636. The molecule has 0 radical (unpaired) electrons. The number of fused-ring (bicyclic) bond motifs is 1. The van der Waals surface area contributed by atoms with E-state index in [1.165, 1.54) is 6.33 Å². The standard InChI is InChI=1S/C18H21F2N7O/c1-25-23-9-13(24-25)10-26-4-6-27(7-5-26)14-2-3-16-15(8-14)18(22-12-21-16)28-11-17(19)20/h2-3,8-9,12,17H,4-7,10-11H2,1H3. The van der Waals surface area contributed by atoms with Crippen LogP contribution in [0.4, 0.5) is 14.5 Å². The maximum Gasteiger partial charge on any atom is 0.272 e. The van der Waals surface area contributed by atoms with Crippen molar-refractivity contribution in [2.75, 3.05) is 37.7 Å². The molecule has 8 nitrogen and oxygen atoms in total. The minimum atomic E-state index is -2.55. The molecule has 0 N–H and O–H groups in total. The molecule has 0 bridgehead atoms. The van der Waals surface area contributed by atoms with Crippen molar-refractivity contribution >= 4 is 16.6 Å². The van der Waals surface area contributed by atoms with Crippen LogP contribution in [0.15, 0.2) is 30.7 Å². The fourth-order valence-corrected chi connectivity index (χ4v) is 3.33. The summed E-state index contributed by atoms with van der Waals surface area (Å²) in [4.78, 5) is 14.4. The van der Waals surface area contributed by atoms with E-state index < -0.39 is 13.0 Å². The maximum atomic E-state index is 12.5. The monoisotopic (exact) mass is 389 g/mol. The molecule has 1 aliphatic heterocycles. The van der Waals surface area contributed by atoms with Gasteiger partial charge in [0, 0.05) is 45.5 Å². The van der Waals surface area contributed by atoms with Crippen molar-refractivity contribution in [1.82, 2.24) is 29.9 Å². The van der Waals surface area contributed by atoms with Gasteiger partial charge in [-0.05, 0) is 18.2 Å². The maximum absolute atomic E-state index is 12.5. The summed E-state index contributed by atoms with van der Waals surface area (Å²) in [7, 11) is 1.81. The molecule has 1 aliphatic rings. The van der Waals surface area contributed by atoms with Crippen molar-refractivity contribution in [2.24, 2.45) is 7.05 Å². The fourth-order valence-electron chi connectivity index (χ4n) is 3.33. The molecule has 2 aromatic heterocycles. The first kappa shape index (κ1) is 18.5. The second-order valence-corrected chi connectivity index (χ2v) is 6.67. The summed E-state index contributed by atoms with van der Waals surface area (Å²) in [6, 6.07) is 5.77. The van der Waals surface area contributed by atoms with Gasteiger partial charge in [-0.2, -0.15) is 15.0 Å². The summed E-state index contributed by atoms with van der Waals surface area (Å²) in [5.41, 5.74) is 2.63. The van der Waals surface area contributed by atoms with Crippen LogP contribution in [0.3, 0.4) is 0 Å². The van der Waals surface area contributed by atoms with Gasteiger partial charge in [-0.25, -0.2) is 18.7 Å². The van der Waals surface area contributed by atoms with Crippen molar-refractivity contribution in [1.29, 1.82) is 0 Å². The predicted molar refractivity (Wildman–Crippen MR) is 99.5 cm³/mol. The Morgan fingerprint density at radius 1 is 1.14 bits per heavy atom. The molecule has 4 rings (SSSR count). The number of anilines is 1. The van der Waals surface area contributed by atoms with Crippen LogP contribution >= 0.6 is 0 Å². The van der Waals surface area contributed by atoms with E-state index in [1.807, 2.05) is 25.2 Å². The Hall–Kier alpha value is -2.88. The second-order valence-electron chi connectivity index (χ2n) is 6.67. The second kappa shape index (κ2) is 8.01. The number of hydrogen-bond donors (Lipinski definition) is 0. The Labute approximate surface area is 160 Å². The lowest BCUT2D eigenvalue weighted by atomic mass is 10.2. The zero-order valence-electron chi connectivity index (χ0n) is 15.5. The van der Waals surface area contributed by atoms with Crippen molar-refractivity contribution in [3.05, 3.63) is 36.4 Å². The third-order valence-electron chi connectivity index (χ3n) is 4.70. The third-order valence-corrected chi connectivity index (χ3v) is 4.70. The molecule has 1 fully saturated rings. The number of ether oxygens (including phenoxy) is 1. The van der Waals surface area contributed by atoms with Crippen LogP contribution in [0, 0.1) is 0 Å². The third kappa shape index (κ3) is 4.16. The van der Waals surface area contributed by atoms with Crippen molar-refractivity contribution in [3.8, 4) is 5.88 Å². The summed E-state index contributed by atoms with van der Waals surface area (Å²) < 4.78 is 30.2. The number of piperazine rings is 1. The van der Waals surface area contributed by atoms with E-state index in [0.717, 1.165) is 44.1 Å². The van der Waals surface area contributed by atoms with E-state index in [2.05, 4.69) is 30.0 Å². The van der Waals surface area contributed by atoms with Crippen LogP contribution in [0.5, 0.6) is 5.88 Å². The minimum Gasteiger partial charge on any atom is -0.471 e. The van der Waals surface area contributed by atoms with Crippen molar-refractivity contribution in [2.45, 2.75) is 13.0 Å². The number of benzene rings is 1. The number of aryl methyl sites for hydroxylation is 1. The molecule has 1 saturated heterocycles. The molecule has 0 atom stereocenters. The smallest absolute Gasteiger partial charge is 0.272 e. The molecule has 3 aromatic rings. The van der Waals surface area contributed by atoms with E-state index in [4.69, 9.17) is 4.74 Å². The number of halogens is 2. The van der Waals surface area contributed by atoms with E-state index in [-0.39, 0.29) is 5.88 Å². The van der Waals surface area contributed by atoms with Crippen LogP contribution in [0.25, 0.3) is 10.9 Å². The molecule has 28 heavy (non-hydrogen) atoms. The SMILES string of the molecule is Cn1ncc(CN2CCN(c3ccc4ncnc(OCC(F)F)c4c3)CC2)n1. The van der Waals surface area contributed by atoms with Gasteiger partial charge in [0.15, 0.2) is 6.61 Å². The lowest BCUT2D eigenvalue weighted by Crippen LogP contribution is -2.46. The first-order valence-corrected chi connectivity index (χ1v) is 9.07. The Morgan fingerprint density at radius 3 is 2.68 bits per heavy atom. The summed E-state index contributed by atoms with van der Waals surface area (Å²) in [5.74, 6) is 0.188. The van der Waals surface area contributed by atoms with Gasteiger partial charge in [0.05, 0.1) is 22.8 Å². The minimum absolute atomic E-state index is 0.188. The Morgan fingerprint density at radius 2 is 1.96 bits per heavy atom. The van der Waals surface area contributed by atoms with Gasteiger partial charge in [-0.3, -0.25) is 4.90 Å². The zero-order chi connectivity index (χ0) is 19.5. The predicted octanol–water partition coefficient (Wildman–Crippen LogP) is 1.72. The van der Waals surface area contributed by atoms with Crippen molar-refractivity contribution in [3.63, 3.8) is 0 Å². The Kier molecular flexibility index (Phi) is 5.29. The molecule has 0 aliphatic carbocycles. The van der Waals surface area contributed by atoms with Crippen LogP contribution in [-0.2, 0) is 13.6 Å². The van der Waals surface area contributed by atoms with Crippen LogP contribution in [-0.4, -0.2) is 69.1 Å². The van der Waals surface area contributed by atoms with E-state index in [0.29, 0.717) is 10.9 Å². The largest absolute Gasteiger partial charge is 0.471 e. The van der Waals surface area contributed by atoms with Crippen molar-refractivity contribution < 1.29 is 13.5 Å². The average Bonchev–Trinajstić information content (AvgIpc) is 3.11. The molecule has 0 amide bonds. The topological polar surface area (TPSA) is 72.2 Å². The Bertz CT molecular complexity index is 941. The van der Waals surface area contributed by atoms with Gasteiger partial charge in [-0.1, -0.05) is 0 Å². The molecule has 148 valence electrons. The van der Waals surface area contributed by atoms with Gasteiger partial charge in [0.2, 0.25) is 5.88 Å². The average molecular weight is 389 g/mol. The summed E-state index contributed by atoms with van der Waals surface area (Å²) >= 11 is 0. The first-order chi connectivity index (χ1) is 13.6. The molecule has 0 spiro atoms.